The Morgan fingerprint density at radius 2 is 2.37 bits per heavy atom. The minimum Gasteiger partial charge on any atom is -0.394 e. The van der Waals surface area contributed by atoms with E-state index in [0.717, 1.165) is 31.7 Å². The molecule has 6 nitrogen and oxygen atoms in total. The van der Waals surface area contributed by atoms with Gasteiger partial charge in [0.15, 0.2) is 0 Å². The van der Waals surface area contributed by atoms with Crippen molar-refractivity contribution in [3.05, 3.63) is 21.6 Å². The lowest BCUT2D eigenvalue weighted by Gasteiger charge is -2.26. The Kier molecular flexibility index (Phi) is 3.47. The summed E-state index contributed by atoms with van der Waals surface area (Å²) in [5.41, 5.74) is 0.389. The predicted molar refractivity (Wildman–Crippen MR) is 72.7 cm³/mol. The maximum Gasteiger partial charge on any atom is 0.287 e. The zero-order valence-corrected chi connectivity index (χ0v) is 11.3. The summed E-state index contributed by atoms with van der Waals surface area (Å²) in [7, 11) is 0. The van der Waals surface area contributed by atoms with Crippen LogP contribution >= 0.6 is 11.6 Å². The summed E-state index contributed by atoms with van der Waals surface area (Å²) in [6, 6.07) is 0.410. The van der Waals surface area contributed by atoms with E-state index in [9.17, 15) is 4.79 Å². The van der Waals surface area contributed by atoms with Gasteiger partial charge in [-0.25, -0.2) is 4.68 Å². The maximum atomic E-state index is 12.0. The van der Waals surface area contributed by atoms with Crippen LogP contribution in [0, 0.1) is 5.92 Å². The van der Waals surface area contributed by atoms with E-state index in [0.29, 0.717) is 12.0 Å². The van der Waals surface area contributed by atoms with E-state index in [4.69, 9.17) is 16.7 Å². The topological polar surface area (TPSA) is 70.4 Å². The van der Waals surface area contributed by atoms with Crippen LogP contribution in [0.3, 0.4) is 0 Å². The molecule has 2 N–H and O–H groups in total. The van der Waals surface area contributed by atoms with Gasteiger partial charge in [-0.05, 0) is 12.3 Å². The van der Waals surface area contributed by atoms with E-state index in [2.05, 4.69) is 15.3 Å². The van der Waals surface area contributed by atoms with Gasteiger partial charge < -0.3 is 15.3 Å². The Bertz CT molecular complexity index is 533. The molecule has 19 heavy (non-hydrogen) atoms. The third kappa shape index (κ3) is 2.13. The second-order valence-corrected chi connectivity index (χ2v) is 5.44. The molecule has 0 radical (unpaired) electrons. The van der Waals surface area contributed by atoms with Crippen LogP contribution in [0.2, 0.25) is 5.02 Å². The standard InChI is InChI=1S/C12H17ClN4O2/c13-11-10(7-15-17(3-4-18)12(11)19)16-2-1-8-5-14-6-9(8)16/h7-9,14,18H,1-6H2/t8-,9+/m0/s1. The minimum absolute atomic E-state index is 0.124. The molecule has 0 aliphatic carbocycles. The highest BCUT2D eigenvalue weighted by atomic mass is 35.5. The number of anilines is 1. The zero-order chi connectivity index (χ0) is 13.4. The van der Waals surface area contributed by atoms with Crippen molar-refractivity contribution in [1.82, 2.24) is 15.1 Å². The van der Waals surface area contributed by atoms with Gasteiger partial charge in [0.2, 0.25) is 0 Å². The largest absolute Gasteiger partial charge is 0.394 e. The van der Waals surface area contributed by atoms with Crippen molar-refractivity contribution in [3.63, 3.8) is 0 Å². The molecule has 1 aromatic rings. The number of nitrogens with zero attached hydrogens (tertiary/aromatic N) is 3. The minimum atomic E-state index is -0.331. The van der Waals surface area contributed by atoms with Crippen molar-refractivity contribution in [3.8, 4) is 0 Å². The lowest BCUT2D eigenvalue weighted by Crippen LogP contribution is -2.36. The molecule has 2 fully saturated rings. The van der Waals surface area contributed by atoms with Crippen LogP contribution < -0.4 is 15.8 Å². The van der Waals surface area contributed by atoms with Gasteiger partial charge in [-0.3, -0.25) is 4.79 Å². The van der Waals surface area contributed by atoms with E-state index in [1.807, 2.05) is 0 Å². The van der Waals surface area contributed by atoms with Gasteiger partial charge in [0.05, 0.1) is 25.0 Å². The molecular weight excluding hydrogens is 268 g/mol. The quantitative estimate of drug-likeness (QED) is 0.797. The van der Waals surface area contributed by atoms with Crippen molar-refractivity contribution >= 4 is 17.3 Å². The van der Waals surface area contributed by atoms with Gasteiger partial charge in [0.1, 0.15) is 5.02 Å². The molecule has 3 rings (SSSR count). The summed E-state index contributed by atoms with van der Waals surface area (Å²) in [6.07, 6.45) is 2.76. The average Bonchev–Trinajstić information content (AvgIpc) is 2.99. The van der Waals surface area contributed by atoms with Crippen LogP contribution in [0.25, 0.3) is 0 Å². The smallest absolute Gasteiger partial charge is 0.287 e. The molecule has 104 valence electrons. The summed E-state index contributed by atoms with van der Waals surface area (Å²) in [4.78, 5) is 14.2. The molecule has 0 spiro atoms. The Morgan fingerprint density at radius 1 is 1.53 bits per heavy atom. The fraction of sp³-hybridized carbons (Fsp3) is 0.667. The van der Waals surface area contributed by atoms with E-state index < -0.39 is 0 Å². The van der Waals surface area contributed by atoms with Gasteiger partial charge in [-0.2, -0.15) is 5.10 Å². The molecule has 2 aliphatic rings. The summed E-state index contributed by atoms with van der Waals surface area (Å²) in [6.45, 7) is 2.93. The number of hydrogen-bond donors (Lipinski definition) is 2. The molecule has 2 atom stereocenters. The zero-order valence-electron chi connectivity index (χ0n) is 10.5. The molecular formula is C12H17ClN4O2. The fourth-order valence-electron chi connectivity index (χ4n) is 3.06. The fourth-order valence-corrected chi connectivity index (χ4v) is 3.31. The van der Waals surface area contributed by atoms with E-state index in [-0.39, 0.29) is 23.7 Å². The van der Waals surface area contributed by atoms with Gasteiger partial charge >= 0.3 is 0 Å². The molecule has 0 saturated carbocycles. The van der Waals surface area contributed by atoms with Crippen LogP contribution in [-0.4, -0.2) is 47.2 Å². The Balaban J connectivity index is 1.93. The first-order chi connectivity index (χ1) is 9.22. The number of fused-ring (bicyclic) bond motifs is 1. The summed E-state index contributed by atoms with van der Waals surface area (Å²) in [5.74, 6) is 0.635. The second-order valence-electron chi connectivity index (χ2n) is 5.06. The van der Waals surface area contributed by atoms with E-state index in [1.165, 1.54) is 4.68 Å². The van der Waals surface area contributed by atoms with Crippen molar-refractivity contribution in [2.75, 3.05) is 31.1 Å². The predicted octanol–water partition coefficient (Wildman–Crippen LogP) is -0.313. The summed E-state index contributed by atoms with van der Waals surface area (Å²) >= 11 is 6.19. The van der Waals surface area contributed by atoms with E-state index in [1.54, 1.807) is 6.20 Å². The first kappa shape index (κ1) is 12.9. The van der Waals surface area contributed by atoms with Crippen molar-refractivity contribution in [2.45, 2.75) is 19.0 Å². The summed E-state index contributed by atoms with van der Waals surface area (Å²) < 4.78 is 1.20. The second kappa shape index (κ2) is 5.11. The highest BCUT2D eigenvalue weighted by molar-refractivity contribution is 6.33. The van der Waals surface area contributed by atoms with Gasteiger partial charge in [0.25, 0.3) is 5.56 Å². The average molecular weight is 285 g/mol. The molecule has 2 aliphatic heterocycles. The molecule has 0 bridgehead atoms. The number of rotatable bonds is 3. The molecule has 0 amide bonds. The first-order valence-electron chi connectivity index (χ1n) is 6.56. The molecule has 0 aromatic carbocycles. The van der Waals surface area contributed by atoms with Gasteiger partial charge in [-0.1, -0.05) is 11.6 Å². The number of aliphatic hydroxyl groups is 1. The number of halogens is 1. The Hall–Kier alpha value is -1.11. The van der Waals surface area contributed by atoms with Gasteiger partial charge in [0, 0.05) is 25.7 Å². The maximum absolute atomic E-state index is 12.0. The lowest BCUT2D eigenvalue weighted by molar-refractivity contribution is 0.266. The van der Waals surface area contributed by atoms with Crippen LogP contribution in [0.1, 0.15) is 6.42 Å². The summed E-state index contributed by atoms with van der Waals surface area (Å²) in [5, 5.41) is 16.5. The third-order valence-electron chi connectivity index (χ3n) is 4.03. The highest BCUT2D eigenvalue weighted by Crippen LogP contribution is 2.33. The number of nitrogens with one attached hydrogen (secondary N) is 1. The molecule has 2 saturated heterocycles. The van der Waals surface area contributed by atoms with Crippen molar-refractivity contribution in [1.29, 1.82) is 0 Å². The van der Waals surface area contributed by atoms with Crippen molar-refractivity contribution in [2.24, 2.45) is 5.92 Å². The van der Waals surface area contributed by atoms with Crippen LogP contribution in [0.5, 0.6) is 0 Å². The van der Waals surface area contributed by atoms with Crippen LogP contribution in [-0.2, 0) is 6.54 Å². The molecule has 1 aromatic heterocycles. The van der Waals surface area contributed by atoms with Crippen LogP contribution in [0.4, 0.5) is 5.69 Å². The Morgan fingerprint density at radius 3 is 3.16 bits per heavy atom. The van der Waals surface area contributed by atoms with Gasteiger partial charge in [-0.15, -0.1) is 0 Å². The van der Waals surface area contributed by atoms with Crippen molar-refractivity contribution < 1.29 is 5.11 Å². The third-order valence-corrected chi connectivity index (χ3v) is 4.39. The number of aromatic nitrogens is 2. The first-order valence-corrected chi connectivity index (χ1v) is 6.94. The lowest BCUT2D eigenvalue weighted by atomic mass is 10.1. The normalized spacial score (nSPS) is 25.9. The van der Waals surface area contributed by atoms with E-state index >= 15 is 0 Å². The Labute approximate surface area is 116 Å². The molecule has 7 heteroatoms. The number of hydrogen-bond acceptors (Lipinski definition) is 5. The SMILES string of the molecule is O=c1c(Cl)c(N2CC[C@H]3CNC[C@H]32)cnn1CCO. The molecule has 0 unspecified atom stereocenters. The highest BCUT2D eigenvalue weighted by Gasteiger charge is 2.38. The monoisotopic (exact) mass is 284 g/mol. The molecule has 3 heterocycles. The van der Waals surface area contributed by atoms with Crippen LogP contribution in [0.15, 0.2) is 11.0 Å². The number of aliphatic hydroxyl groups excluding tert-OH is 1.